The minimum absolute atomic E-state index is 0.0485. The molecule has 23 aromatic rings. The highest BCUT2D eigenvalue weighted by Gasteiger charge is 2.40. The van der Waals surface area contributed by atoms with Crippen LogP contribution in [-0.4, -0.2) is 0 Å². The van der Waals surface area contributed by atoms with Crippen LogP contribution < -0.4 is 0 Å². The quantitative estimate of drug-likeness (QED) is 0.142. The Hall–Kier alpha value is -15.6. The molecule has 3 aliphatic carbocycles. The van der Waals surface area contributed by atoms with Gasteiger partial charge in [0.2, 0.25) is 0 Å². The van der Waals surface area contributed by atoms with Gasteiger partial charge in [-0.3, -0.25) is 0 Å². The predicted molar refractivity (Wildman–Crippen MR) is 553 cm³/mol. The molecular formula is C129H92. The van der Waals surface area contributed by atoms with Crippen LogP contribution >= 0.6 is 0 Å². The summed E-state index contributed by atoms with van der Waals surface area (Å²) in [5.74, 6) is 0. The first-order chi connectivity index (χ1) is 63.1. The van der Waals surface area contributed by atoms with Crippen LogP contribution in [0.3, 0.4) is 0 Å². The molecule has 0 spiro atoms. The van der Waals surface area contributed by atoms with E-state index in [2.05, 4.69) is 490 Å². The molecule has 0 unspecified atom stereocenters. The molecule has 0 nitrogen and oxygen atoms in total. The Morgan fingerprint density at radius 2 is 0.364 bits per heavy atom. The van der Waals surface area contributed by atoms with E-state index in [0.29, 0.717) is 0 Å². The molecule has 0 N–H and O–H groups in total. The van der Waals surface area contributed by atoms with Crippen LogP contribution in [0.4, 0.5) is 0 Å². The van der Waals surface area contributed by atoms with Crippen molar-refractivity contribution in [1.82, 2.24) is 0 Å². The lowest BCUT2D eigenvalue weighted by Crippen LogP contribution is -2.15. The first kappa shape index (κ1) is 77.0. The monoisotopic (exact) mass is 1640 g/mol. The Kier molecular flexibility index (Phi) is 18.1. The molecule has 129 heavy (non-hydrogen) atoms. The molecule has 0 bridgehead atoms. The van der Waals surface area contributed by atoms with Crippen molar-refractivity contribution in [2.45, 2.75) is 57.8 Å². The summed E-state index contributed by atoms with van der Waals surface area (Å²) in [4.78, 5) is 0. The van der Waals surface area contributed by atoms with Crippen LogP contribution in [0.5, 0.6) is 0 Å². The number of hydrogen-bond donors (Lipinski definition) is 0. The first-order valence-electron chi connectivity index (χ1n) is 45.5. The minimum atomic E-state index is -0.0935. The average molecular weight is 1640 g/mol. The Balaban J connectivity index is 0.000000108. The number of fused-ring (bicyclic) bond motifs is 20. The average Bonchev–Trinajstić information content (AvgIpc) is 1.58. The van der Waals surface area contributed by atoms with Crippen LogP contribution in [0, 0.1) is 0 Å². The Bertz CT molecular complexity index is 8550. The molecule has 0 radical (unpaired) electrons. The van der Waals surface area contributed by atoms with E-state index in [1.165, 1.54) is 253 Å². The fourth-order valence-electron chi connectivity index (χ4n) is 22.0. The van der Waals surface area contributed by atoms with Gasteiger partial charge in [0.1, 0.15) is 0 Å². The Morgan fingerprint density at radius 1 is 0.116 bits per heavy atom. The van der Waals surface area contributed by atoms with E-state index in [0.717, 1.165) is 0 Å². The largest absolute Gasteiger partial charge is 0.0622 e. The van der Waals surface area contributed by atoms with E-state index in [9.17, 15) is 0 Å². The normalized spacial score (nSPS) is 13.4. The smallest absolute Gasteiger partial charge is 0.0165 e. The summed E-state index contributed by atoms with van der Waals surface area (Å²) < 4.78 is 0. The van der Waals surface area contributed by atoms with Crippen molar-refractivity contribution in [1.29, 1.82) is 0 Å². The fraction of sp³-hybridized carbons (Fsp3) is 0.0698. The van der Waals surface area contributed by atoms with Gasteiger partial charge in [-0.2, -0.15) is 0 Å². The summed E-state index contributed by atoms with van der Waals surface area (Å²) in [5, 5.41) is 23.2. The van der Waals surface area contributed by atoms with E-state index < -0.39 is 0 Å². The van der Waals surface area contributed by atoms with Crippen molar-refractivity contribution in [3.05, 3.63) is 482 Å². The molecule has 0 saturated heterocycles. The van der Waals surface area contributed by atoms with Gasteiger partial charge in [-0.15, -0.1) is 0 Å². The third-order valence-corrected chi connectivity index (χ3v) is 28.8. The Morgan fingerprint density at radius 3 is 0.798 bits per heavy atom. The zero-order valence-corrected chi connectivity index (χ0v) is 73.2. The van der Waals surface area contributed by atoms with Crippen LogP contribution in [-0.2, 0) is 16.2 Å². The van der Waals surface area contributed by atoms with Gasteiger partial charge in [-0.25, -0.2) is 0 Å². The molecule has 0 saturated carbocycles. The molecule has 0 amide bonds. The highest BCUT2D eigenvalue weighted by molar-refractivity contribution is 6.07. The second-order valence-electron chi connectivity index (χ2n) is 37.4. The summed E-state index contributed by atoms with van der Waals surface area (Å²) in [5.41, 5.74) is 36.6. The SMILES string of the molecule is CC1(C)c2cc(-c3cc(-c4ccc5ccc(-c6ccccc6)cc5c4)cc4ccccc34)ccc2-c2cc3ccccc3cc21.CC1(C)c2cc(-c3cc(-c4ccc5ccc(-c6ccccc6)cc5c4)cc4ccccc34)ccc2-c2ccc3ccccc3c21.CC1(C)c2cc(-c3ccc4cc(-c5ccc6ccccc6c5)ccc4c3)ccc2-c2ccc3ccccc3c21. The maximum absolute atomic E-state index is 2.46. The lowest BCUT2D eigenvalue weighted by Gasteiger charge is -2.24. The molecule has 3 aliphatic rings. The second-order valence-corrected chi connectivity index (χ2v) is 37.4. The minimum Gasteiger partial charge on any atom is -0.0622 e. The van der Waals surface area contributed by atoms with Crippen molar-refractivity contribution in [2.24, 2.45) is 0 Å². The zero-order valence-electron chi connectivity index (χ0n) is 73.2. The van der Waals surface area contributed by atoms with Gasteiger partial charge in [-0.05, 0) is 350 Å². The van der Waals surface area contributed by atoms with Gasteiger partial charge in [0.25, 0.3) is 0 Å². The van der Waals surface area contributed by atoms with Gasteiger partial charge in [0.15, 0.2) is 0 Å². The van der Waals surface area contributed by atoms with Gasteiger partial charge in [-0.1, -0.05) is 393 Å². The maximum atomic E-state index is 2.46. The van der Waals surface area contributed by atoms with Crippen LogP contribution in [0.25, 0.3) is 219 Å². The lowest BCUT2D eigenvalue weighted by atomic mass is 9.79. The first-order valence-corrected chi connectivity index (χ1v) is 45.5. The standard InChI is InChI=1S/2C45H32.C39H28/c1-45(2)43-28-35(21-22-40(43)41-23-20-31-12-6-9-15-39(31)44(41)45)42-27-37(26-34-13-7-8-14-38(34)42)33-19-17-30-16-18-32(24-36(30)25-33)29-10-4-3-5-11-29;1-45(2)43-28-36(20-21-40(43)42-25-31-12-6-7-13-32(31)27-44(42)45)41-26-38(24-35-14-8-9-15-39(35)41)34-19-17-30-16-18-33(22-37(30)23-34)29-10-4-3-5-11-29;1-39(2)37-24-33(18-19-35(37)36-20-17-26-8-5-6-10-34(26)38(36)39)32-16-15-30-22-29(13-14-31(30)23-32)28-12-11-25-7-3-4-9-27(25)21-28/h2*3-28H,1-2H3;3-24H,1-2H3. The number of hydrogen-bond acceptors (Lipinski definition) is 0. The number of rotatable bonds is 8. The highest BCUT2D eigenvalue weighted by atomic mass is 14.4. The van der Waals surface area contributed by atoms with Crippen molar-refractivity contribution >= 4 is 97.0 Å². The van der Waals surface area contributed by atoms with Crippen LogP contribution in [0.1, 0.15) is 74.9 Å². The lowest BCUT2D eigenvalue weighted by molar-refractivity contribution is 0.661. The summed E-state index contributed by atoms with van der Waals surface area (Å²) >= 11 is 0. The van der Waals surface area contributed by atoms with Gasteiger partial charge in [0, 0.05) is 16.2 Å². The van der Waals surface area contributed by atoms with Crippen molar-refractivity contribution in [3.63, 3.8) is 0 Å². The van der Waals surface area contributed by atoms with Crippen molar-refractivity contribution in [2.75, 3.05) is 0 Å². The summed E-state index contributed by atoms with van der Waals surface area (Å²) in [6.45, 7) is 14.3. The molecule has 0 aliphatic heterocycles. The van der Waals surface area contributed by atoms with E-state index in [-0.39, 0.29) is 16.2 Å². The highest BCUT2D eigenvalue weighted by Crippen LogP contribution is 2.56. The summed E-state index contributed by atoms with van der Waals surface area (Å²) in [7, 11) is 0. The fourth-order valence-corrected chi connectivity index (χ4v) is 22.0. The molecule has 0 aromatic heterocycles. The second kappa shape index (κ2) is 30.3. The van der Waals surface area contributed by atoms with Gasteiger partial charge >= 0.3 is 0 Å². The molecular weight excluding hydrogens is 1550 g/mol. The third kappa shape index (κ3) is 13.2. The predicted octanol–water partition coefficient (Wildman–Crippen LogP) is 35.7. The third-order valence-electron chi connectivity index (χ3n) is 28.8. The summed E-state index contributed by atoms with van der Waals surface area (Å²) in [6.07, 6.45) is 0. The molecule has 0 fully saturated rings. The van der Waals surface area contributed by atoms with Gasteiger partial charge < -0.3 is 0 Å². The van der Waals surface area contributed by atoms with E-state index in [1.807, 2.05) is 0 Å². The van der Waals surface area contributed by atoms with Crippen molar-refractivity contribution < 1.29 is 0 Å². The molecule has 23 aromatic carbocycles. The van der Waals surface area contributed by atoms with E-state index in [1.54, 1.807) is 0 Å². The number of benzene rings is 23. The zero-order chi connectivity index (χ0) is 86.4. The molecule has 0 atom stereocenters. The van der Waals surface area contributed by atoms with Gasteiger partial charge in [0.05, 0.1) is 0 Å². The molecule has 26 rings (SSSR count). The van der Waals surface area contributed by atoms with E-state index in [4.69, 9.17) is 0 Å². The maximum Gasteiger partial charge on any atom is 0.0165 e. The molecule has 0 heteroatoms. The molecule has 608 valence electrons. The van der Waals surface area contributed by atoms with Crippen molar-refractivity contribution in [3.8, 4) is 122 Å². The Labute approximate surface area is 754 Å². The van der Waals surface area contributed by atoms with Crippen LogP contribution in [0.15, 0.2) is 449 Å². The van der Waals surface area contributed by atoms with Crippen LogP contribution in [0.2, 0.25) is 0 Å². The molecule has 0 heterocycles. The topological polar surface area (TPSA) is 0 Å². The summed E-state index contributed by atoms with van der Waals surface area (Å²) in [6, 6.07) is 166. The van der Waals surface area contributed by atoms with E-state index >= 15 is 0 Å².